The van der Waals surface area contributed by atoms with Crippen molar-refractivity contribution in [1.29, 1.82) is 0 Å². The number of carbonyl (C=O) groups excluding carboxylic acids is 1. The minimum Gasteiger partial charge on any atom is -0.387 e. The second-order valence-electron chi connectivity index (χ2n) is 7.01. The van der Waals surface area contributed by atoms with E-state index in [1.165, 1.54) is 4.90 Å². The number of aliphatic hydroxyl groups excluding tert-OH is 2. The molecule has 3 rings (SSSR count). The third kappa shape index (κ3) is 6.18. The summed E-state index contributed by atoms with van der Waals surface area (Å²) >= 11 is 0. The van der Waals surface area contributed by atoms with Crippen LogP contribution in [-0.2, 0) is 32.1 Å². The number of hydrogen-bond acceptors (Lipinski definition) is 13. The molecule has 0 aliphatic carbocycles. The Morgan fingerprint density at radius 3 is 2.47 bits per heavy atom. The molecule has 22 heteroatoms. The van der Waals surface area contributed by atoms with Crippen LogP contribution in [0.3, 0.4) is 0 Å². The van der Waals surface area contributed by atoms with Crippen molar-refractivity contribution in [2.75, 3.05) is 13.3 Å². The number of aliphatic hydroxyl groups is 2. The van der Waals surface area contributed by atoms with Gasteiger partial charge in [0.1, 0.15) is 36.9 Å². The number of phosphoric ester groups is 1. The van der Waals surface area contributed by atoms with Crippen molar-refractivity contribution in [3.63, 3.8) is 0 Å². The lowest BCUT2D eigenvalue weighted by atomic mass is 10.1. The van der Waals surface area contributed by atoms with E-state index in [0.717, 1.165) is 4.86 Å². The fourth-order valence-corrected chi connectivity index (χ4v) is 6.84. The molecule has 0 aromatic carbocycles. The molecule has 3 saturated heterocycles. The van der Waals surface area contributed by atoms with Crippen LogP contribution in [0.15, 0.2) is 0 Å². The summed E-state index contributed by atoms with van der Waals surface area (Å²) in [7, 11) is -16.1. The highest BCUT2D eigenvalue weighted by molar-refractivity contribution is 7.70. The third-order valence-corrected chi connectivity index (χ3v) is 8.87. The first kappa shape index (κ1) is 26.2. The quantitative estimate of drug-likeness (QED) is 0.131. The molecule has 19 nitrogen and oxygen atoms in total. The fourth-order valence-electron chi connectivity index (χ4n) is 3.41. The summed E-state index contributed by atoms with van der Waals surface area (Å²) in [6, 6.07) is -0.746. The number of hydrogen-bond donors (Lipinski definition) is 11. The maximum absolute atomic E-state index is 12.0. The summed E-state index contributed by atoms with van der Waals surface area (Å²) in [6.07, 6.45) is -7.48. The largest absolute Gasteiger partial charge is 0.480 e. The Hall–Kier alpha value is -0.400. The molecular weight excluding hydrogens is 505 g/mol. The number of nitrogens with two attached hydrogens (primary N) is 1. The molecule has 12 N–H and O–H groups in total. The van der Waals surface area contributed by atoms with E-state index in [4.69, 9.17) is 20.3 Å². The molecule has 3 fully saturated rings. The first-order valence-corrected chi connectivity index (χ1v) is 13.5. The molecule has 186 valence electrons. The molecule has 0 aromatic heterocycles. The zero-order chi connectivity index (χ0) is 24.1. The maximum atomic E-state index is 12.0. The smallest absolute Gasteiger partial charge is 0.387 e. The average Bonchev–Trinajstić information content (AvgIpc) is 3.12. The molecule has 0 aromatic rings. The predicted molar refractivity (Wildman–Crippen MR) is 99.2 cm³/mol. The van der Waals surface area contributed by atoms with Gasteiger partial charge in [-0.3, -0.25) is 25.7 Å². The monoisotopic (exact) mass is 528 g/mol. The Morgan fingerprint density at radius 1 is 1.19 bits per heavy atom. The second-order valence-corrected chi connectivity index (χ2v) is 11.8. The highest BCUT2D eigenvalue weighted by Crippen LogP contribution is 2.61. The van der Waals surface area contributed by atoms with Crippen LogP contribution in [0, 0.1) is 0 Å². The van der Waals surface area contributed by atoms with Gasteiger partial charge in [-0.25, -0.2) is 18.6 Å². The van der Waals surface area contributed by atoms with E-state index in [0.29, 0.717) is 0 Å². The van der Waals surface area contributed by atoms with Crippen molar-refractivity contribution in [2.24, 2.45) is 5.73 Å². The van der Waals surface area contributed by atoms with Crippen LogP contribution in [0.2, 0.25) is 0 Å². The van der Waals surface area contributed by atoms with Gasteiger partial charge in [0, 0.05) is 0 Å². The SMILES string of the molecule is NC1NC(=O)C2NCN(C3OC(COP(=O)(O)OP(=O)(O)NP(=O)(O)O)C(O)C3O)C2N1. The Balaban J connectivity index is 1.61. The van der Waals surface area contributed by atoms with Gasteiger partial charge in [-0.2, -0.15) is 4.31 Å². The van der Waals surface area contributed by atoms with Crippen molar-refractivity contribution in [3.8, 4) is 0 Å². The van der Waals surface area contributed by atoms with Crippen LogP contribution in [0.4, 0.5) is 0 Å². The molecule has 0 bridgehead atoms. The molecular formula is C10H23N6O13P3. The van der Waals surface area contributed by atoms with Gasteiger partial charge in [0.15, 0.2) is 0 Å². The van der Waals surface area contributed by atoms with E-state index in [1.807, 2.05) is 0 Å². The minimum atomic E-state index is -5.46. The van der Waals surface area contributed by atoms with E-state index in [2.05, 4.69) is 24.8 Å². The van der Waals surface area contributed by atoms with E-state index >= 15 is 0 Å². The lowest BCUT2D eigenvalue weighted by Gasteiger charge is -2.37. The van der Waals surface area contributed by atoms with Crippen LogP contribution in [0.1, 0.15) is 0 Å². The van der Waals surface area contributed by atoms with Crippen LogP contribution >= 0.6 is 23.3 Å². The maximum Gasteiger partial charge on any atom is 0.480 e. The molecule has 3 heterocycles. The van der Waals surface area contributed by atoms with Gasteiger partial charge >= 0.3 is 23.3 Å². The number of fused-ring (bicyclic) bond motifs is 1. The Labute approximate surface area is 179 Å². The highest BCUT2D eigenvalue weighted by atomic mass is 31.3. The second kappa shape index (κ2) is 9.33. The summed E-state index contributed by atoms with van der Waals surface area (Å²) in [4.78, 5) is 50.3. The van der Waals surface area contributed by atoms with E-state index in [9.17, 15) is 38.5 Å². The van der Waals surface area contributed by atoms with Crippen LogP contribution in [0.5, 0.6) is 0 Å². The molecule has 0 saturated carbocycles. The van der Waals surface area contributed by atoms with Crippen molar-refractivity contribution in [3.05, 3.63) is 0 Å². The van der Waals surface area contributed by atoms with Gasteiger partial charge in [-0.05, 0) is 0 Å². The third-order valence-electron chi connectivity index (χ3n) is 4.63. The van der Waals surface area contributed by atoms with Crippen molar-refractivity contribution >= 4 is 29.2 Å². The zero-order valence-corrected chi connectivity index (χ0v) is 18.5. The molecule has 3 aliphatic rings. The molecule has 9 atom stereocenters. The zero-order valence-electron chi connectivity index (χ0n) is 15.9. The molecule has 1 amide bonds. The first-order chi connectivity index (χ1) is 14.6. The first-order valence-electron chi connectivity index (χ1n) is 8.78. The molecule has 32 heavy (non-hydrogen) atoms. The number of nitrogens with zero attached hydrogens (tertiary/aromatic N) is 1. The number of rotatable bonds is 8. The van der Waals surface area contributed by atoms with Gasteiger partial charge in [-0.1, -0.05) is 0 Å². The lowest BCUT2D eigenvalue weighted by molar-refractivity contribution is -0.133. The standard InChI is InChI=1S/C10H23N6O13P3/c11-10-13-7-4(8(19)14-10)12-2-16(7)9-6(18)5(17)3(28-9)1-27-32(25,26)29-31(23,24)15-30(20,21)22/h3-7,9-10,12-13,17-18H,1-2,11H2,(H,14,19)(H,25,26)(H4,15,20,21,22,23,24). The number of ether oxygens (including phenoxy) is 1. The Kier molecular flexibility index (Phi) is 7.64. The van der Waals surface area contributed by atoms with Gasteiger partial charge in [-0.15, -0.1) is 4.86 Å². The predicted octanol–water partition coefficient (Wildman–Crippen LogP) is -5.13. The van der Waals surface area contributed by atoms with Crippen molar-refractivity contribution in [1.82, 2.24) is 25.7 Å². The van der Waals surface area contributed by atoms with Crippen LogP contribution < -0.4 is 26.5 Å². The Bertz CT molecular complexity index is 873. The van der Waals surface area contributed by atoms with Crippen molar-refractivity contribution in [2.45, 2.75) is 43.0 Å². The number of carbonyl (C=O) groups is 1. The van der Waals surface area contributed by atoms with Crippen LogP contribution in [-0.4, -0.2) is 96.9 Å². The number of amides is 1. The van der Waals surface area contributed by atoms with E-state index < -0.39 is 78.9 Å². The van der Waals surface area contributed by atoms with Gasteiger partial charge < -0.3 is 39.8 Å². The summed E-state index contributed by atoms with van der Waals surface area (Å²) in [5.74, 6) is -0.410. The molecule has 3 aliphatic heterocycles. The molecule has 0 radical (unpaired) electrons. The van der Waals surface area contributed by atoms with Gasteiger partial charge in [0.25, 0.3) is 0 Å². The topological polar surface area (TPSA) is 295 Å². The normalized spacial score (nSPS) is 39.8. The summed E-state index contributed by atoms with van der Waals surface area (Å²) in [5, 5.41) is 28.7. The molecule has 0 spiro atoms. The van der Waals surface area contributed by atoms with Crippen LogP contribution in [0.25, 0.3) is 0 Å². The summed E-state index contributed by atoms with van der Waals surface area (Å²) in [6.45, 7) is -0.894. The highest BCUT2D eigenvalue weighted by Gasteiger charge is 2.53. The van der Waals surface area contributed by atoms with Gasteiger partial charge in [0.2, 0.25) is 5.91 Å². The van der Waals surface area contributed by atoms with Crippen molar-refractivity contribution < 1.29 is 61.8 Å². The van der Waals surface area contributed by atoms with E-state index in [1.54, 1.807) is 0 Å². The fraction of sp³-hybridized carbons (Fsp3) is 0.900. The number of nitrogens with one attached hydrogen (secondary N) is 4. The van der Waals surface area contributed by atoms with E-state index in [-0.39, 0.29) is 6.67 Å². The summed E-state index contributed by atoms with van der Waals surface area (Å²) < 4.78 is 47.9. The van der Waals surface area contributed by atoms with Gasteiger partial charge in [0.05, 0.1) is 19.4 Å². The Morgan fingerprint density at radius 2 is 1.84 bits per heavy atom. The minimum absolute atomic E-state index is 0.0356. The average molecular weight is 528 g/mol. The number of phosphoric acid groups is 1. The summed E-state index contributed by atoms with van der Waals surface area (Å²) in [5.41, 5.74) is 5.68. The lowest BCUT2D eigenvalue weighted by Crippen LogP contribution is -2.71. The molecule has 9 unspecified atom stereocenters.